The lowest BCUT2D eigenvalue weighted by Gasteiger charge is -2.24. The molecule has 0 aliphatic heterocycles. The second kappa shape index (κ2) is 4.01. The summed E-state index contributed by atoms with van der Waals surface area (Å²) < 4.78 is 5.21. The summed E-state index contributed by atoms with van der Waals surface area (Å²) in [6.45, 7) is 1.88. The summed E-state index contributed by atoms with van der Waals surface area (Å²) in [6.07, 6.45) is 5.42. The van der Waals surface area contributed by atoms with Crippen LogP contribution in [0.15, 0.2) is 12.2 Å². The molecule has 2 N–H and O–H groups in total. The van der Waals surface area contributed by atoms with E-state index in [1.54, 1.807) is 6.92 Å². The van der Waals surface area contributed by atoms with Crippen molar-refractivity contribution in [3.8, 4) is 0 Å². The second-order valence-electron chi connectivity index (χ2n) is 4.52. The van der Waals surface area contributed by atoms with E-state index in [2.05, 4.69) is 12.2 Å². The van der Waals surface area contributed by atoms with Gasteiger partial charge in [0.1, 0.15) is 0 Å². The van der Waals surface area contributed by atoms with Crippen LogP contribution >= 0.6 is 0 Å². The number of allylic oxidation sites excluding steroid dienone is 2. The number of ether oxygens (including phenoxy) is 1. The summed E-state index contributed by atoms with van der Waals surface area (Å²) >= 11 is 0. The fraction of sp³-hybridized carbons (Fsp3) is 0.818. The molecule has 14 heavy (non-hydrogen) atoms. The molecule has 0 aromatic rings. The van der Waals surface area contributed by atoms with Crippen LogP contribution in [0.3, 0.4) is 0 Å². The lowest BCUT2D eigenvalue weighted by atomic mass is 9.93. The molecule has 0 aromatic carbocycles. The highest BCUT2D eigenvalue weighted by atomic mass is 16.6. The Labute approximate surface area is 84.4 Å². The van der Waals surface area contributed by atoms with Crippen molar-refractivity contribution in [1.29, 1.82) is 0 Å². The Hall–Kier alpha value is -0.380. The number of fused-ring (bicyclic) bond motifs is 2. The first kappa shape index (κ1) is 10.1. The standard InChI is InChI=1S/C11H18O3/c1-7(12)6-14-11(13)10-5-8-2-3-9(10)4-8/h2-3,7-13H,4-6H2,1H3. The Morgan fingerprint density at radius 2 is 2.14 bits per heavy atom. The minimum atomic E-state index is -0.704. The first-order valence-corrected chi connectivity index (χ1v) is 5.33. The fourth-order valence-electron chi connectivity index (χ4n) is 2.51. The van der Waals surface area contributed by atoms with E-state index < -0.39 is 12.4 Å². The van der Waals surface area contributed by atoms with Crippen molar-refractivity contribution in [3.05, 3.63) is 12.2 Å². The van der Waals surface area contributed by atoms with Gasteiger partial charge in [-0.05, 0) is 31.6 Å². The van der Waals surface area contributed by atoms with Crippen LogP contribution in [0.2, 0.25) is 0 Å². The molecule has 0 heterocycles. The van der Waals surface area contributed by atoms with Crippen LogP contribution in [0, 0.1) is 17.8 Å². The molecule has 2 bridgehead atoms. The highest BCUT2D eigenvalue weighted by Gasteiger charge is 2.39. The third kappa shape index (κ3) is 2.00. The Balaban J connectivity index is 1.81. The quantitative estimate of drug-likeness (QED) is 0.521. The maximum atomic E-state index is 9.75. The predicted octanol–water partition coefficient (Wildman–Crippen LogP) is 0.914. The first-order chi connectivity index (χ1) is 6.66. The lowest BCUT2D eigenvalue weighted by Crippen LogP contribution is -2.29. The predicted molar refractivity (Wildman–Crippen MR) is 52.5 cm³/mol. The van der Waals surface area contributed by atoms with Crippen molar-refractivity contribution in [2.24, 2.45) is 17.8 Å². The van der Waals surface area contributed by atoms with E-state index in [4.69, 9.17) is 9.84 Å². The van der Waals surface area contributed by atoms with E-state index in [1.165, 1.54) is 6.42 Å². The van der Waals surface area contributed by atoms with Gasteiger partial charge in [0, 0.05) is 5.92 Å². The van der Waals surface area contributed by atoms with Crippen molar-refractivity contribution < 1.29 is 14.9 Å². The molecule has 0 aromatic heterocycles. The summed E-state index contributed by atoms with van der Waals surface area (Å²) in [6, 6.07) is 0. The summed E-state index contributed by atoms with van der Waals surface area (Å²) in [5.41, 5.74) is 0. The van der Waals surface area contributed by atoms with Gasteiger partial charge < -0.3 is 14.9 Å². The third-order valence-corrected chi connectivity index (χ3v) is 3.20. The molecular weight excluding hydrogens is 180 g/mol. The van der Waals surface area contributed by atoms with Gasteiger partial charge in [-0.3, -0.25) is 0 Å². The van der Waals surface area contributed by atoms with Crippen LogP contribution in [0.5, 0.6) is 0 Å². The zero-order chi connectivity index (χ0) is 10.1. The third-order valence-electron chi connectivity index (χ3n) is 3.20. The largest absolute Gasteiger partial charge is 0.391 e. The van der Waals surface area contributed by atoms with Gasteiger partial charge >= 0.3 is 0 Å². The summed E-state index contributed by atoms with van der Waals surface area (Å²) in [7, 11) is 0. The van der Waals surface area contributed by atoms with Crippen molar-refractivity contribution in [1.82, 2.24) is 0 Å². The van der Waals surface area contributed by atoms with E-state index in [0.717, 1.165) is 6.42 Å². The molecule has 5 unspecified atom stereocenters. The Morgan fingerprint density at radius 3 is 2.64 bits per heavy atom. The number of aliphatic hydroxyl groups excluding tert-OH is 2. The van der Waals surface area contributed by atoms with Crippen LogP contribution in [0.4, 0.5) is 0 Å². The number of hydrogen-bond donors (Lipinski definition) is 2. The van der Waals surface area contributed by atoms with Crippen LogP contribution in [0.25, 0.3) is 0 Å². The van der Waals surface area contributed by atoms with Crippen molar-refractivity contribution >= 4 is 0 Å². The molecule has 80 valence electrons. The van der Waals surface area contributed by atoms with Gasteiger partial charge in [0.15, 0.2) is 6.29 Å². The van der Waals surface area contributed by atoms with Gasteiger partial charge in [0.2, 0.25) is 0 Å². The molecule has 2 aliphatic rings. The molecule has 0 saturated heterocycles. The maximum absolute atomic E-state index is 9.75. The minimum Gasteiger partial charge on any atom is -0.391 e. The molecule has 3 heteroatoms. The second-order valence-corrected chi connectivity index (χ2v) is 4.52. The van der Waals surface area contributed by atoms with Crippen LogP contribution in [0.1, 0.15) is 19.8 Å². The zero-order valence-electron chi connectivity index (χ0n) is 8.47. The zero-order valence-corrected chi connectivity index (χ0v) is 8.47. The van der Waals surface area contributed by atoms with E-state index in [-0.39, 0.29) is 12.5 Å². The molecule has 2 aliphatic carbocycles. The Kier molecular flexibility index (Phi) is 2.91. The first-order valence-electron chi connectivity index (χ1n) is 5.33. The number of rotatable bonds is 4. The molecule has 0 amide bonds. The van der Waals surface area contributed by atoms with E-state index in [0.29, 0.717) is 11.8 Å². The van der Waals surface area contributed by atoms with Crippen LogP contribution < -0.4 is 0 Å². The topological polar surface area (TPSA) is 49.7 Å². The molecule has 1 saturated carbocycles. The van der Waals surface area contributed by atoms with E-state index >= 15 is 0 Å². The van der Waals surface area contributed by atoms with Crippen molar-refractivity contribution in [2.75, 3.05) is 6.61 Å². The molecule has 0 radical (unpaired) electrons. The van der Waals surface area contributed by atoms with Crippen LogP contribution in [-0.2, 0) is 4.74 Å². The van der Waals surface area contributed by atoms with Gasteiger partial charge in [-0.1, -0.05) is 12.2 Å². The molecular formula is C11H18O3. The van der Waals surface area contributed by atoms with Crippen molar-refractivity contribution in [2.45, 2.75) is 32.2 Å². The molecule has 1 fully saturated rings. The molecule has 2 rings (SSSR count). The average Bonchev–Trinajstić information content (AvgIpc) is 2.74. The van der Waals surface area contributed by atoms with Gasteiger partial charge in [-0.25, -0.2) is 0 Å². The highest BCUT2D eigenvalue weighted by Crippen LogP contribution is 2.45. The normalized spacial score (nSPS) is 38.9. The Bertz CT molecular complexity index is 225. The molecule has 3 nitrogen and oxygen atoms in total. The minimum absolute atomic E-state index is 0.221. The van der Waals surface area contributed by atoms with Crippen molar-refractivity contribution in [3.63, 3.8) is 0 Å². The van der Waals surface area contributed by atoms with Gasteiger partial charge in [-0.15, -0.1) is 0 Å². The maximum Gasteiger partial charge on any atom is 0.158 e. The fourth-order valence-corrected chi connectivity index (χ4v) is 2.51. The van der Waals surface area contributed by atoms with E-state index in [9.17, 15) is 5.11 Å². The van der Waals surface area contributed by atoms with Gasteiger partial charge in [0.05, 0.1) is 12.7 Å². The highest BCUT2D eigenvalue weighted by molar-refractivity contribution is 5.10. The van der Waals surface area contributed by atoms with Gasteiger partial charge in [-0.2, -0.15) is 0 Å². The monoisotopic (exact) mass is 198 g/mol. The van der Waals surface area contributed by atoms with Crippen LogP contribution in [-0.4, -0.2) is 29.2 Å². The number of hydrogen-bond acceptors (Lipinski definition) is 3. The molecule has 5 atom stereocenters. The number of aliphatic hydroxyl groups is 2. The van der Waals surface area contributed by atoms with E-state index in [1.807, 2.05) is 0 Å². The average molecular weight is 198 g/mol. The smallest absolute Gasteiger partial charge is 0.158 e. The summed E-state index contributed by atoms with van der Waals surface area (Å²) in [4.78, 5) is 0. The Morgan fingerprint density at radius 1 is 1.36 bits per heavy atom. The SMILES string of the molecule is CC(O)COC(O)C1CC2C=CC1C2. The summed E-state index contributed by atoms with van der Waals surface area (Å²) in [5, 5.41) is 18.8. The van der Waals surface area contributed by atoms with Gasteiger partial charge in [0.25, 0.3) is 0 Å². The lowest BCUT2D eigenvalue weighted by molar-refractivity contribution is -0.154. The molecule has 0 spiro atoms. The summed E-state index contributed by atoms with van der Waals surface area (Å²) in [5.74, 6) is 1.38.